The van der Waals surface area contributed by atoms with Crippen molar-refractivity contribution in [2.45, 2.75) is 19.8 Å². The molecule has 0 aliphatic carbocycles. The molecule has 4 N–H and O–H groups in total. The number of aryl methyl sites for hydroxylation is 1. The van der Waals surface area contributed by atoms with E-state index in [0.29, 0.717) is 41.1 Å². The molecule has 0 radical (unpaired) electrons. The van der Waals surface area contributed by atoms with Gasteiger partial charge in [0.25, 0.3) is 5.91 Å². The lowest BCUT2D eigenvalue weighted by Crippen LogP contribution is -2.14. The van der Waals surface area contributed by atoms with Crippen LogP contribution in [0, 0.1) is 0 Å². The normalized spacial score (nSPS) is 14.8. The fraction of sp³-hybridized carbons (Fsp3) is 0.174. The number of nitrogens with one attached hydrogen (secondary N) is 2. The zero-order chi connectivity index (χ0) is 21.1. The molecule has 1 aliphatic heterocycles. The van der Waals surface area contributed by atoms with Gasteiger partial charge in [-0.1, -0.05) is 30.3 Å². The summed E-state index contributed by atoms with van der Waals surface area (Å²) < 4.78 is 5.24. The number of benzene rings is 2. The summed E-state index contributed by atoms with van der Waals surface area (Å²) in [4.78, 5) is 28.3. The van der Waals surface area contributed by atoms with Crippen LogP contribution < -0.4 is 11.2 Å². The second kappa shape index (κ2) is 8.24. The highest BCUT2D eigenvalue weighted by Gasteiger charge is 2.25. The SMILES string of the molecule is CCOC(=O)c1c(/C=C2\C(=O)NN=C2CCc2ccc(N)cc2)[nH]c2ccccc12. The lowest BCUT2D eigenvalue weighted by Gasteiger charge is -2.05. The fourth-order valence-electron chi connectivity index (χ4n) is 3.49. The van der Waals surface area contributed by atoms with Gasteiger partial charge in [0.2, 0.25) is 0 Å². The quantitative estimate of drug-likeness (QED) is 0.333. The molecule has 2 heterocycles. The number of hydrazone groups is 1. The molecule has 3 aromatic rings. The third-order valence-corrected chi connectivity index (χ3v) is 4.98. The molecule has 7 heteroatoms. The van der Waals surface area contributed by atoms with E-state index in [4.69, 9.17) is 10.5 Å². The second-order valence-electron chi connectivity index (χ2n) is 6.98. The van der Waals surface area contributed by atoms with Crippen molar-refractivity contribution in [1.82, 2.24) is 10.4 Å². The zero-order valence-electron chi connectivity index (χ0n) is 16.6. The third-order valence-electron chi connectivity index (χ3n) is 4.98. The molecule has 0 fully saturated rings. The van der Waals surface area contributed by atoms with Gasteiger partial charge in [-0.25, -0.2) is 10.2 Å². The van der Waals surface area contributed by atoms with Crippen LogP contribution in [-0.2, 0) is 16.0 Å². The first-order valence-electron chi connectivity index (χ1n) is 9.78. The Bertz CT molecular complexity index is 1170. The molecule has 0 saturated heterocycles. The van der Waals surface area contributed by atoms with Crippen LogP contribution in [0.5, 0.6) is 0 Å². The molecule has 0 bridgehead atoms. The van der Waals surface area contributed by atoms with Crippen LogP contribution in [0.15, 0.2) is 59.2 Å². The number of nitrogens with two attached hydrogens (primary N) is 1. The van der Waals surface area contributed by atoms with Gasteiger partial charge in [-0.2, -0.15) is 5.10 Å². The predicted molar refractivity (Wildman–Crippen MR) is 117 cm³/mol. The molecule has 0 saturated carbocycles. The highest BCUT2D eigenvalue weighted by atomic mass is 16.5. The van der Waals surface area contributed by atoms with E-state index in [2.05, 4.69) is 15.5 Å². The smallest absolute Gasteiger partial charge is 0.340 e. The van der Waals surface area contributed by atoms with Gasteiger partial charge in [0, 0.05) is 16.6 Å². The molecule has 0 unspecified atom stereocenters. The fourth-order valence-corrected chi connectivity index (χ4v) is 3.49. The summed E-state index contributed by atoms with van der Waals surface area (Å²) in [5, 5.41) is 4.94. The number of aromatic amines is 1. The Morgan fingerprint density at radius 2 is 1.90 bits per heavy atom. The van der Waals surface area contributed by atoms with Crippen molar-refractivity contribution in [2.24, 2.45) is 5.10 Å². The maximum absolute atomic E-state index is 12.6. The molecule has 7 nitrogen and oxygen atoms in total. The number of H-pyrrole nitrogens is 1. The Kier molecular flexibility index (Phi) is 5.34. The molecule has 30 heavy (non-hydrogen) atoms. The molecule has 0 spiro atoms. The van der Waals surface area contributed by atoms with Gasteiger partial charge in [-0.15, -0.1) is 0 Å². The first kappa shape index (κ1) is 19.4. The van der Waals surface area contributed by atoms with Gasteiger partial charge in [0.15, 0.2) is 0 Å². The lowest BCUT2D eigenvalue weighted by atomic mass is 10.0. The van der Waals surface area contributed by atoms with Gasteiger partial charge in [-0.05, 0) is 49.6 Å². The number of anilines is 1. The van der Waals surface area contributed by atoms with Gasteiger partial charge in [0.1, 0.15) is 0 Å². The maximum atomic E-state index is 12.6. The standard InChI is InChI=1S/C23H22N4O3/c1-2-30-23(29)21-16-5-3-4-6-18(16)25-20(21)13-17-19(26-27-22(17)28)12-9-14-7-10-15(24)11-8-14/h3-8,10-11,13,25H,2,9,12,24H2,1H3,(H,27,28)/b17-13-. The third kappa shape index (κ3) is 3.82. The van der Waals surface area contributed by atoms with Crippen molar-refractivity contribution in [2.75, 3.05) is 12.3 Å². The topological polar surface area (TPSA) is 110 Å². The summed E-state index contributed by atoms with van der Waals surface area (Å²) in [6.07, 6.45) is 2.96. The minimum absolute atomic E-state index is 0.267. The number of hydrogen-bond acceptors (Lipinski definition) is 5. The number of hydrogen-bond donors (Lipinski definition) is 3. The number of carbonyl (C=O) groups excluding carboxylic acids is 2. The number of nitrogen functional groups attached to an aromatic ring is 1. The minimum Gasteiger partial charge on any atom is -0.462 e. The summed E-state index contributed by atoms with van der Waals surface area (Å²) in [7, 11) is 0. The summed E-state index contributed by atoms with van der Waals surface area (Å²) in [5.41, 5.74) is 12.9. The van der Waals surface area contributed by atoms with E-state index < -0.39 is 5.97 Å². The van der Waals surface area contributed by atoms with Crippen molar-refractivity contribution in [3.63, 3.8) is 0 Å². The van der Waals surface area contributed by atoms with Gasteiger partial charge in [0.05, 0.1) is 29.1 Å². The van der Waals surface area contributed by atoms with Gasteiger partial charge in [-0.3, -0.25) is 4.79 Å². The van der Waals surface area contributed by atoms with Crippen LogP contribution in [0.2, 0.25) is 0 Å². The molecule has 152 valence electrons. The molecule has 1 aromatic heterocycles. The average Bonchev–Trinajstić information content (AvgIpc) is 3.28. The summed E-state index contributed by atoms with van der Waals surface area (Å²) >= 11 is 0. The molecular weight excluding hydrogens is 380 g/mol. The van der Waals surface area contributed by atoms with E-state index in [1.807, 2.05) is 48.5 Å². The van der Waals surface area contributed by atoms with E-state index in [-0.39, 0.29) is 12.5 Å². The maximum Gasteiger partial charge on any atom is 0.340 e. The number of esters is 1. The highest BCUT2D eigenvalue weighted by molar-refractivity contribution is 6.28. The highest BCUT2D eigenvalue weighted by Crippen LogP contribution is 2.26. The summed E-state index contributed by atoms with van der Waals surface area (Å²) in [6.45, 7) is 2.03. The Morgan fingerprint density at radius 3 is 2.67 bits per heavy atom. The Balaban J connectivity index is 1.67. The van der Waals surface area contributed by atoms with E-state index in [1.54, 1.807) is 13.0 Å². The lowest BCUT2D eigenvalue weighted by molar-refractivity contribution is -0.116. The molecule has 1 aliphatic rings. The van der Waals surface area contributed by atoms with Crippen LogP contribution in [0.25, 0.3) is 17.0 Å². The summed E-state index contributed by atoms with van der Waals surface area (Å²) in [6, 6.07) is 15.1. The Labute approximate surface area is 173 Å². The zero-order valence-corrected chi connectivity index (χ0v) is 16.6. The average molecular weight is 402 g/mol. The van der Waals surface area contributed by atoms with Crippen molar-refractivity contribution in [3.8, 4) is 0 Å². The predicted octanol–water partition coefficient (Wildman–Crippen LogP) is 3.43. The number of ether oxygens (including phenoxy) is 1. The first-order chi connectivity index (χ1) is 14.6. The Morgan fingerprint density at radius 1 is 1.13 bits per heavy atom. The largest absolute Gasteiger partial charge is 0.462 e. The van der Waals surface area contributed by atoms with E-state index in [9.17, 15) is 9.59 Å². The number of para-hydroxylation sites is 1. The molecular formula is C23H22N4O3. The first-order valence-corrected chi connectivity index (χ1v) is 9.78. The van der Waals surface area contributed by atoms with Crippen LogP contribution in [-0.4, -0.2) is 29.2 Å². The number of carbonyl (C=O) groups is 2. The second-order valence-corrected chi connectivity index (χ2v) is 6.98. The van der Waals surface area contributed by atoms with Crippen LogP contribution in [0.1, 0.15) is 35.0 Å². The van der Waals surface area contributed by atoms with Crippen molar-refractivity contribution in [1.29, 1.82) is 0 Å². The van der Waals surface area contributed by atoms with Crippen molar-refractivity contribution in [3.05, 3.63) is 70.9 Å². The minimum atomic E-state index is -0.430. The monoisotopic (exact) mass is 402 g/mol. The number of fused-ring (bicyclic) bond motifs is 1. The summed E-state index contributed by atoms with van der Waals surface area (Å²) in [5.74, 6) is -0.726. The van der Waals surface area contributed by atoms with E-state index in [0.717, 1.165) is 16.5 Å². The van der Waals surface area contributed by atoms with E-state index >= 15 is 0 Å². The molecule has 2 aromatic carbocycles. The van der Waals surface area contributed by atoms with Crippen LogP contribution >= 0.6 is 0 Å². The molecule has 0 atom stereocenters. The van der Waals surface area contributed by atoms with E-state index in [1.165, 1.54) is 0 Å². The number of nitrogens with zero attached hydrogens (tertiary/aromatic N) is 1. The molecule has 4 rings (SSSR count). The van der Waals surface area contributed by atoms with Crippen molar-refractivity contribution >= 4 is 40.3 Å². The number of rotatable bonds is 6. The van der Waals surface area contributed by atoms with Crippen LogP contribution in [0.4, 0.5) is 5.69 Å². The van der Waals surface area contributed by atoms with Crippen LogP contribution in [0.3, 0.4) is 0 Å². The number of amides is 1. The Hall–Kier alpha value is -3.87. The van der Waals surface area contributed by atoms with Gasteiger partial charge >= 0.3 is 5.97 Å². The van der Waals surface area contributed by atoms with Crippen molar-refractivity contribution < 1.29 is 14.3 Å². The molecule has 1 amide bonds. The number of aromatic nitrogens is 1. The van der Waals surface area contributed by atoms with Gasteiger partial charge < -0.3 is 15.5 Å².